The van der Waals surface area contributed by atoms with Crippen molar-refractivity contribution in [3.05, 3.63) is 59.1 Å². The van der Waals surface area contributed by atoms with Crippen molar-refractivity contribution < 1.29 is 9.90 Å². The number of aliphatic carboxylic acids is 1. The number of aromatic amines is 1. The first-order valence-corrected chi connectivity index (χ1v) is 7.28. The van der Waals surface area contributed by atoms with Crippen molar-refractivity contribution in [1.29, 1.82) is 0 Å². The lowest BCUT2D eigenvalue weighted by Gasteiger charge is -2.09. The Hall–Kier alpha value is -2.30. The van der Waals surface area contributed by atoms with Gasteiger partial charge in [-0.3, -0.25) is 4.79 Å². The molecule has 0 amide bonds. The van der Waals surface area contributed by atoms with Gasteiger partial charge in [-0.1, -0.05) is 41.9 Å². The van der Waals surface area contributed by atoms with Crippen molar-refractivity contribution in [2.45, 2.75) is 12.5 Å². The van der Waals surface area contributed by atoms with Crippen LogP contribution in [0, 0.1) is 0 Å². The highest BCUT2D eigenvalue weighted by Crippen LogP contribution is 2.31. The van der Waals surface area contributed by atoms with Gasteiger partial charge in [0, 0.05) is 28.0 Å². The molecule has 4 nitrogen and oxygen atoms in total. The van der Waals surface area contributed by atoms with Crippen LogP contribution in [0.15, 0.2) is 48.5 Å². The van der Waals surface area contributed by atoms with Crippen molar-refractivity contribution in [3.63, 3.8) is 0 Å². The highest BCUT2D eigenvalue weighted by Gasteiger charge is 2.19. The smallest absolute Gasteiger partial charge is 0.320 e. The minimum absolute atomic E-state index is 0.261. The third kappa shape index (κ3) is 2.71. The Kier molecular flexibility index (Phi) is 3.88. The van der Waals surface area contributed by atoms with Gasteiger partial charge in [0.2, 0.25) is 0 Å². The summed E-state index contributed by atoms with van der Waals surface area (Å²) < 4.78 is 0. The van der Waals surface area contributed by atoms with Gasteiger partial charge < -0.3 is 15.8 Å². The lowest BCUT2D eigenvalue weighted by molar-refractivity contribution is -0.138. The standard InChI is InChI=1S/C17H15ClN2O2/c18-11-7-5-10(6-8-11)16-13(9-14(19)17(21)22)12-3-1-2-4-15(12)20-16/h1-8,14,20H,9,19H2,(H,21,22). The van der Waals surface area contributed by atoms with Crippen LogP contribution >= 0.6 is 11.6 Å². The van der Waals surface area contributed by atoms with E-state index < -0.39 is 12.0 Å². The number of carboxylic acid groups (broad SMARTS) is 1. The van der Waals surface area contributed by atoms with E-state index in [1.807, 2.05) is 48.5 Å². The normalized spacial score (nSPS) is 12.5. The second-order valence-electron chi connectivity index (χ2n) is 5.18. The van der Waals surface area contributed by atoms with Gasteiger partial charge in [-0.25, -0.2) is 0 Å². The monoisotopic (exact) mass is 314 g/mol. The fraction of sp³-hybridized carbons (Fsp3) is 0.118. The summed E-state index contributed by atoms with van der Waals surface area (Å²) in [5, 5.41) is 10.7. The SMILES string of the molecule is NC(Cc1c(-c2ccc(Cl)cc2)[nH]c2ccccc12)C(=O)O. The van der Waals surface area contributed by atoms with Gasteiger partial charge in [0.25, 0.3) is 0 Å². The molecular formula is C17H15ClN2O2. The number of carboxylic acids is 1. The van der Waals surface area contributed by atoms with Gasteiger partial charge in [-0.15, -0.1) is 0 Å². The Labute approximate surface area is 132 Å². The Bertz CT molecular complexity index is 824. The van der Waals surface area contributed by atoms with Gasteiger partial charge in [0.05, 0.1) is 0 Å². The summed E-state index contributed by atoms with van der Waals surface area (Å²) in [6, 6.07) is 14.3. The van der Waals surface area contributed by atoms with Crippen molar-refractivity contribution >= 4 is 28.5 Å². The van der Waals surface area contributed by atoms with Gasteiger partial charge in [-0.05, 0) is 29.3 Å². The zero-order valence-corrected chi connectivity index (χ0v) is 12.5. The summed E-state index contributed by atoms with van der Waals surface area (Å²) in [5.41, 5.74) is 9.44. The maximum absolute atomic E-state index is 11.1. The molecule has 0 fully saturated rings. The van der Waals surface area contributed by atoms with Crippen molar-refractivity contribution in [1.82, 2.24) is 4.98 Å². The molecule has 5 heteroatoms. The molecule has 1 atom stereocenters. The second kappa shape index (κ2) is 5.83. The molecule has 0 saturated heterocycles. The van der Waals surface area contributed by atoms with Crippen LogP contribution in [0.4, 0.5) is 0 Å². The fourth-order valence-corrected chi connectivity index (χ4v) is 2.71. The molecule has 1 unspecified atom stereocenters. The zero-order valence-electron chi connectivity index (χ0n) is 11.7. The molecule has 1 aromatic heterocycles. The van der Waals surface area contributed by atoms with Crippen molar-refractivity contribution in [2.24, 2.45) is 5.73 Å². The van der Waals surface area contributed by atoms with Crippen molar-refractivity contribution in [2.75, 3.05) is 0 Å². The molecular weight excluding hydrogens is 300 g/mol. The van der Waals surface area contributed by atoms with E-state index >= 15 is 0 Å². The molecule has 0 spiro atoms. The van der Waals surface area contributed by atoms with E-state index in [9.17, 15) is 4.79 Å². The molecule has 112 valence electrons. The second-order valence-corrected chi connectivity index (χ2v) is 5.62. The Morgan fingerprint density at radius 1 is 1.18 bits per heavy atom. The van der Waals surface area contributed by atoms with Crippen LogP contribution in [0.5, 0.6) is 0 Å². The van der Waals surface area contributed by atoms with Crippen LogP contribution in [0.1, 0.15) is 5.56 Å². The highest BCUT2D eigenvalue weighted by atomic mass is 35.5. The molecule has 1 heterocycles. The van der Waals surface area contributed by atoms with Crippen LogP contribution in [0.3, 0.4) is 0 Å². The van der Waals surface area contributed by atoms with Gasteiger partial charge in [0.15, 0.2) is 0 Å². The number of nitrogens with two attached hydrogens (primary N) is 1. The fourth-order valence-electron chi connectivity index (χ4n) is 2.58. The van der Waals surface area contributed by atoms with E-state index in [-0.39, 0.29) is 6.42 Å². The molecule has 3 rings (SSSR count). The number of aromatic nitrogens is 1. The Morgan fingerprint density at radius 3 is 2.55 bits per heavy atom. The van der Waals surface area contributed by atoms with E-state index in [0.717, 1.165) is 27.7 Å². The summed E-state index contributed by atoms with van der Waals surface area (Å²) in [6.07, 6.45) is 0.261. The number of hydrogen-bond acceptors (Lipinski definition) is 2. The van der Waals surface area contributed by atoms with Crippen LogP contribution < -0.4 is 5.73 Å². The molecule has 0 aliphatic heterocycles. The van der Waals surface area contributed by atoms with Crippen LogP contribution in [-0.4, -0.2) is 22.1 Å². The summed E-state index contributed by atoms with van der Waals surface area (Å²) in [5.74, 6) is -1.01. The number of H-pyrrole nitrogens is 1. The van der Waals surface area contributed by atoms with E-state index in [1.54, 1.807) is 0 Å². The number of para-hydroxylation sites is 1. The Morgan fingerprint density at radius 2 is 1.86 bits per heavy atom. The topological polar surface area (TPSA) is 79.1 Å². The van der Waals surface area contributed by atoms with Gasteiger partial charge >= 0.3 is 5.97 Å². The van der Waals surface area contributed by atoms with E-state index in [2.05, 4.69) is 4.98 Å². The molecule has 0 aliphatic carbocycles. The maximum Gasteiger partial charge on any atom is 0.320 e. The van der Waals surface area contributed by atoms with Crippen LogP contribution in [0.25, 0.3) is 22.2 Å². The van der Waals surface area contributed by atoms with Gasteiger partial charge in [0.1, 0.15) is 6.04 Å². The number of halogens is 1. The number of carbonyl (C=O) groups is 1. The summed E-state index contributed by atoms with van der Waals surface area (Å²) >= 11 is 5.94. The first kappa shape index (κ1) is 14.6. The van der Waals surface area contributed by atoms with Crippen LogP contribution in [-0.2, 0) is 11.2 Å². The first-order valence-electron chi connectivity index (χ1n) is 6.90. The van der Waals surface area contributed by atoms with E-state index in [0.29, 0.717) is 5.02 Å². The molecule has 3 aromatic rings. The predicted molar refractivity (Wildman–Crippen MR) is 88.1 cm³/mol. The largest absolute Gasteiger partial charge is 0.480 e. The Balaban J connectivity index is 2.16. The maximum atomic E-state index is 11.1. The third-order valence-electron chi connectivity index (χ3n) is 3.69. The van der Waals surface area contributed by atoms with E-state index in [1.165, 1.54) is 0 Å². The zero-order chi connectivity index (χ0) is 15.7. The lowest BCUT2D eigenvalue weighted by atomic mass is 9.99. The predicted octanol–water partition coefficient (Wildman–Crippen LogP) is 3.44. The molecule has 0 saturated carbocycles. The average Bonchev–Trinajstić information content (AvgIpc) is 2.87. The molecule has 22 heavy (non-hydrogen) atoms. The van der Waals surface area contributed by atoms with Gasteiger partial charge in [-0.2, -0.15) is 0 Å². The lowest BCUT2D eigenvalue weighted by Crippen LogP contribution is -2.32. The molecule has 4 N–H and O–H groups in total. The average molecular weight is 315 g/mol. The summed E-state index contributed by atoms with van der Waals surface area (Å²) in [6.45, 7) is 0. The molecule has 0 bridgehead atoms. The number of nitrogens with one attached hydrogen (secondary N) is 1. The van der Waals surface area contributed by atoms with E-state index in [4.69, 9.17) is 22.4 Å². The molecule has 0 aliphatic rings. The summed E-state index contributed by atoms with van der Waals surface area (Å²) in [4.78, 5) is 14.5. The first-order chi connectivity index (χ1) is 10.6. The minimum Gasteiger partial charge on any atom is -0.480 e. The third-order valence-corrected chi connectivity index (χ3v) is 3.94. The van der Waals surface area contributed by atoms with Crippen molar-refractivity contribution in [3.8, 4) is 11.3 Å². The number of benzene rings is 2. The minimum atomic E-state index is -1.01. The van der Waals surface area contributed by atoms with Crippen LogP contribution in [0.2, 0.25) is 5.02 Å². The number of fused-ring (bicyclic) bond motifs is 1. The summed E-state index contributed by atoms with van der Waals surface area (Å²) in [7, 11) is 0. The number of hydrogen-bond donors (Lipinski definition) is 3. The molecule has 2 aromatic carbocycles. The molecule has 0 radical (unpaired) electrons. The number of rotatable bonds is 4. The highest BCUT2D eigenvalue weighted by molar-refractivity contribution is 6.30. The quantitative estimate of drug-likeness (QED) is 0.690.